The quantitative estimate of drug-likeness (QED) is 0.920. The SMILES string of the molecule is Cc1cc(C(=O)N2CC[C@H]3CCN(c4ccccn4)[C@H]3CC2)n[nH]1. The number of nitrogens with zero attached hydrogens (tertiary/aromatic N) is 4. The van der Waals surface area contributed by atoms with E-state index in [-0.39, 0.29) is 5.91 Å². The first-order valence-corrected chi connectivity index (χ1v) is 8.71. The average Bonchev–Trinajstić information content (AvgIpc) is 3.16. The van der Waals surface area contributed by atoms with E-state index in [1.54, 1.807) is 0 Å². The van der Waals surface area contributed by atoms with Gasteiger partial charge in [0.05, 0.1) is 0 Å². The van der Waals surface area contributed by atoms with Crippen LogP contribution >= 0.6 is 0 Å². The predicted molar refractivity (Wildman–Crippen MR) is 91.9 cm³/mol. The molecule has 2 fully saturated rings. The van der Waals surface area contributed by atoms with Crippen LogP contribution in [0, 0.1) is 12.8 Å². The molecule has 0 aromatic carbocycles. The van der Waals surface area contributed by atoms with Crippen molar-refractivity contribution >= 4 is 11.7 Å². The number of pyridine rings is 1. The monoisotopic (exact) mass is 325 g/mol. The largest absolute Gasteiger partial charge is 0.353 e. The topological polar surface area (TPSA) is 65.1 Å². The molecular formula is C18H23N5O. The van der Waals surface area contributed by atoms with Gasteiger partial charge >= 0.3 is 0 Å². The Morgan fingerprint density at radius 1 is 1.21 bits per heavy atom. The predicted octanol–water partition coefficient (Wildman–Crippen LogP) is 2.24. The molecule has 2 aliphatic rings. The Morgan fingerprint density at radius 3 is 2.79 bits per heavy atom. The van der Waals surface area contributed by atoms with Gasteiger partial charge in [-0.1, -0.05) is 6.07 Å². The number of anilines is 1. The molecule has 4 rings (SSSR count). The molecule has 0 aliphatic carbocycles. The number of hydrogen-bond donors (Lipinski definition) is 1. The molecule has 126 valence electrons. The minimum atomic E-state index is 0.0451. The fourth-order valence-electron chi connectivity index (χ4n) is 4.07. The molecule has 6 heteroatoms. The molecule has 1 amide bonds. The summed E-state index contributed by atoms with van der Waals surface area (Å²) in [6.45, 7) is 4.59. The Balaban J connectivity index is 1.48. The Hall–Kier alpha value is -2.37. The van der Waals surface area contributed by atoms with E-state index >= 15 is 0 Å². The molecule has 24 heavy (non-hydrogen) atoms. The van der Waals surface area contributed by atoms with Crippen molar-refractivity contribution in [2.45, 2.75) is 32.2 Å². The molecule has 0 radical (unpaired) electrons. The summed E-state index contributed by atoms with van der Waals surface area (Å²) >= 11 is 0. The number of aromatic nitrogens is 3. The molecule has 0 spiro atoms. The van der Waals surface area contributed by atoms with Crippen molar-refractivity contribution in [3.05, 3.63) is 41.9 Å². The molecule has 6 nitrogen and oxygen atoms in total. The number of aryl methyl sites for hydroxylation is 1. The molecule has 2 aliphatic heterocycles. The number of carbonyl (C=O) groups excluding carboxylic acids is 1. The number of rotatable bonds is 2. The van der Waals surface area contributed by atoms with Crippen LogP contribution in [0.5, 0.6) is 0 Å². The second-order valence-electron chi connectivity index (χ2n) is 6.80. The number of amides is 1. The van der Waals surface area contributed by atoms with E-state index in [9.17, 15) is 4.79 Å². The van der Waals surface area contributed by atoms with Crippen LogP contribution in [-0.2, 0) is 0 Å². The van der Waals surface area contributed by atoms with Gasteiger partial charge in [-0.05, 0) is 50.3 Å². The van der Waals surface area contributed by atoms with Crippen molar-refractivity contribution in [2.24, 2.45) is 5.92 Å². The van der Waals surface area contributed by atoms with Crippen molar-refractivity contribution in [1.82, 2.24) is 20.1 Å². The van der Waals surface area contributed by atoms with Gasteiger partial charge in [-0.2, -0.15) is 5.10 Å². The zero-order chi connectivity index (χ0) is 16.5. The second-order valence-corrected chi connectivity index (χ2v) is 6.80. The number of aromatic amines is 1. The van der Waals surface area contributed by atoms with E-state index in [1.165, 1.54) is 6.42 Å². The Bertz CT molecular complexity index is 713. The van der Waals surface area contributed by atoms with Gasteiger partial charge in [0.25, 0.3) is 5.91 Å². The van der Waals surface area contributed by atoms with Crippen LogP contribution < -0.4 is 4.90 Å². The summed E-state index contributed by atoms with van der Waals surface area (Å²) in [6, 6.07) is 8.40. The third-order valence-electron chi connectivity index (χ3n) is 5.31. The van der Waals surface area contributed by atoms with Gasteiger partial charge in [0.2, 0.25) is 0 Å². The van der Waals surface area contributed by atoms with Gasteiger partial charge in [0.1, 0.15) is 11.5 Å². The highest BCUT2D eigenvalue weighted by molar-refractivity contribution is 5.92. The van der Waals surface area contributed by atoms with Crippen molar-refractivity contribution in [2.75, 3.05) is 24.5 Å². The normalized spacial score (nSPS) is 23.9. The molecular weight excluding hydrogens is 302 g/mol. The lowest BCUT2D eigenvalue weighted by Crippen LogP contribution is -2.36. The Labute approximate surface area is 141 Å². The number of H-pyrrole nitrogens is 1. The maximum absolute atomic E-state index is 12.7. The molecule has 2 aromatic heterocycles. The first-order valence-electron chi connectivity index (χ1n) is 8.71. The minimum Gasteiger partial charge on any atom is -0.353 e. The lowest BCUT2D eigenvalue weighted by Gasteiger charge is -2.28. The summed E-state index contributed by atoms with van der Waals surface area (Å²) in [6.07, 6.45) is 5.10. The summed E-state index contributed by atoms with van der Waals surface area (Å²) in [7, 11) is 0. The summed E-state index contributed by atoms with van der Waals surface area (Å²) < 4.78 is 0. The van der Waals surface area contributed by atoms with Crippen molar-refractivity contribution < 1.29 is 4.79 Å². The molecule has 4 heterocycles. The number of hydrogen-bond acceptors (Lipinski definition) is 4. The van der Waals surface area contributed by atoms with Crippen LogP contribution in [0.4, 0.5) is 5.82 Å². The third-order valence-corrected chi connectivity index (χ3v) is 5.31. The van der Waals surface area contributed by atoms with Gasteiger partial charge in [-0.25, -0.2) is 4.98 Å². The minimum absolute atomic E-state index is 0.0451. The number of nitrogens with one attached hydrogen (secondary N) is 1. The van der Waals surface area contributed by atoms with E-state index in [4.69, 9.17) is 0 Å². The number of carbonyl (C=O) groups is 1. The van der Waals surface area contributed by atoms with E-state index in [2.05, 4.69) is 26.1 Å². The molecule has 0 unspecified atom stereocenters. The molecule has 0 saturated carbocycles. The molecule has 2 saturated heterocycles. The standard InChI is InChI=1S/C18H23N5O/c1-13-12-15(21-20-13)18(24)22-9-5-14-6-11-23(16(14)7-10-22)17-4-2-3-8-19-17/h2-4,8,12,14,16H,5-7,9-11H2,1H3,(H,20,21)/t14-,16-/m0/s1. The van der Waals surface area contributed by atoms with Crippen molar-refractivity contribution in [1.29, 1.82) is 0 Å². The fraction of sp³-hybridized carbons (Fsp3) is 0.500. The van der Waals surface area contributed by atoms with Gasteiger partial charge in [0, 0.05) is 37.6 Å². The summed E-state index contributed by atoms with van der Waals surface area (Å²) in [5, 5.41) is 6.98. The van der Waals surface area contributed by atoms with Crippen LogP contribution in [0.25, 0.3) is 0 Å². The fourth-order valence-corrected chi connectivity index (χ4v) is 4.07. The summed E-state index contributed by atoms with van der Waals surface area (Å²) in [5.41, 5.74) is 1.45. The zero-order valence-corrected chi connectivity index (χ0v) is 14.0. The zero-order valence-electron chi connectivity index (χ0n) is 14.0. The smallest absolute Gasteiger partial charge is 0.274 e. The van der Waals surface area contributed by atoms with Gasteiger partial charge in [-0.15, -0.1) is 0 Å². The lowest BCUT2D eigenvalue weighted by molar-refractivity contribution is 0.0753. The van der Waals surface area contributed by atoms with Gasteiger partial charge < -0.3 is 9.80 Å². The van der Waals surface area contributed by atoms with Crippen LogP contribution in [0.1, 0.15) is 35.4 Å². The highest BCUT2D eigenvalue weighted by atomic mass is 16.2. The number of fused-ring (bicyclic) bond motifs is 1. The summed E-state index contributed by atoms with van der Waals surface area (Å²) in [5.74, 6) is 1.75. The first-order chi connectivity index (χ1) is 11.7. The Kier molecular flexibility index (Phi) is 3.96. The van der Waals surface area contributed by atoms with Crippen molar-refractivity contribution in [3.8, 4) is 0 Å². The lowest BCUT2D eigenvalue weighted by atomic mass is 9.96. The van der Waals surface area contributed by atoms with E-state index in [1.807, 2.05) is 36.2 Å². The molecule has 0 bridgehead atoms. The van der Waals surface area contributed by atoms with E-state index in [0.29, 0.717) is 17.7 Å². The average molecular weight is 325 g/mol. The summed E-state index contributed by atoms with van der Waals surface area (Å²) in [4.78, 5) is 21.6. The number of likely N-dealkylation sites (tertiary alicyclic amines) is 1. The van der Waals surface area contributed by atoms with E-state index in [0.717, 1.165) is 44.0 Å². The van der Waals surface area contributed by atoms with Gasteiger partial charge in [-0.3, -0.25) is 9.89 Å². The highest BCUT2D eigenvalue weighted by Crippen LogP contribution is 2.34. The first kappa shape index (κ1) is 15.2. The maximum Gasteiger partial charge on any atom is 0.274 e. The second kappa shape index (κ2) is 6.26. The van der Waals surface area contributed by atoms with Crippen LogP contribution in [-0.4, -0.2) is 51.7 Å². The Morgan fingerprint density at radius 2 is 2.04 bits per heavy atom. The molecule has 1 N–H and O–H groups in total. The highest BCUT2D eigenvalue weighted by Gasteiger charge is 2.37. The van der Waals surface area contributed by atoms with Crippen LogP contribution in [0.3, 0.4) is 0 Å². The molecule has 2 aromatic rings. The van der Waals surface area contributed by atoms with Crippen molar-refractivity contribution in [3.63, 3.8) is 0 Å². The van der Waals surface area contributed by atoms with E-state index < -0.39 is 0 Å². The van der Waals surface area contributed by atoms with Crippen LogP contribution in [0.2, 0.25) is 0 Å². The molecule has 2 atom stereocenters. The van der Waals surface area contributed by atoms with Crippen LogP contribution in [0.15, 0.2) is 30.5 Å². The maximum atomic E-state index is 12.7. The van der Waals surface area contributed by atoms with Gasteiger partial charge in [0.15, 0.2) is 0 Å². The third kappa shape index (κ3) is 2.77.